The first-order valence-corrected chi connectivity index (χ1v) is 6.97. The van der Waals surface area contributed by atoms with Gasteiger partial charge in [0, 0.05) is 16.5 Å². The van der Waals surface area contributed by atoms with Crippen LogP contribution in [0.1, 0.15) is 30.1 Å². The van der Waals surface area contributed by atoms with E-state index in [0.717, 1.165) is 0 Å². The largest absolute Gasteiger partial charge is 0.481 e. The summed E-state index contributed by atoms with van der Waals surface area (Å²) in [6, 6.07) is 3.93. The zero-order chi connectivity index (χ0) is 14.4. The number of aliphatic carboxylic acids is 1. The summed E-state index contributed by atoms with van der Waals surface area (Å²) >= 11 is 1.89. The van der Waals surface area contributed by atoms with Crippen LogP contribution in [0.3, 0.4) is 0 Å². The van der Waals surface area contributed by atoms with E-state index in [9.17, 15) is 14.0 Å². The van der Waals surface area contributed by atoms with Gasteiger partial charge in [0.1, 0.15) is 5.82 Å². The molecule has 1 aromatic carbocycles. The Balaban J connectivity index is 2.61. The van der Waals surface area contributed by atoms with Crippen LogP contribution >= 0.6 is 22.6 Å². The smallest absolute Gasteiger partial charge is 0.303 e. The molecule has 1 aromatic rings. The first kappa shape index (κ1) is 15.9. The summed E-state index contributed by atoms with van der Waals surface area (Å²) in [5, 5.41) is 11.4. The van der Waals surface area contributed by atoms with Crippen molar-refractivity contribution in [2.75, 3.05) is 6.54 Å². The number of nitrogens with one attached hydrogen (secondary N) is 1. The standard InChI is InChI=1S/C13H15FINO3/c1-2-8(5-12(17)18)7-16-13(19)10-4-3-9(14)6-11(10)15/h3-4,6,8H,2,5,7H2,1H3,(H,16,19)(H,17,18). The average molecular weight is 379 g/mol. The topological polar surface area (TPSA) is 66.4 Å². The van der Waals surface area contributed by atoms with Gasteiger partial charge in [-0.1, -0.05) is 13.3 Å². The summed E-state index contributed by atoms with van der Waals surface area (Å²) in [4.78, 5) is 22.5. The summed E-state index contributed by atoms with van der Waals surface area (Å²) < 4.78 is 13.5. The zero-order valence-electron chi connectivity index (χ0n) is 10.5. The van der Waals surface area contributed by atoms with Crippen molar-refractivity contribution >= 4 is 34.5 Å². The van der Waals surface area contributed by atoms with E-state index in [2.05, 4.69) is 5.32 Å². The molecule has 0 aliphatic rings. The molecule has 0 aliphatic heterocycles. The Morgan fingerprint density at radius 1 is 1.47 bits per heavy atom. The summed E-state index contributed by atoms with van der Waals surface area (Å²) in [5.41, 5.74) is 0.396. The fourth-order valence-electron chi connectivity index (χ4n) is 1.61. The van der Waals surface area contributed by atoms with E-state index < -0.39 is 11.8 Å². The molecule has 6 heteroatoms. The van der Waals surface area contributed by atoms with Gasteiger partial charge in [0.2, 0.25) is 0 Å². The Bertz CT molecular complexity index is 479. The molecule has 0 heterocycles. The fraction of sp³-hybridized carbons (Fsp3) is 0.385. The number of hydrogen-bond acceptors (Lipinski definition) is 2. The van der Waals surface area contributed by atoms with Crippen molar-refractivity contribution in [2.24, 2.45) is 5.92 Å². The van der Waals surface area contributed by atoms with Gasteiger partial charge in [0.05, 0.1) is 5.56 Å². The summed E-state index contributed by atoms with van der Waals surface area (Å²) in [5.74, 6) is -1.68. The maximum atomic E-state index is 12.9. The number of amides is 1. The van der Waals surface area contributed by atoms with Crippen LogP contribution in [-0.4, -0.2) is 23.5 Å². The molecule has 1 unspecified atom stereocenters. The van der Waals surface area contributed by atoms with Gasteiger partial charge in [0.15, 0.2) is 0 Å². The van der Waals surface area contributed by atoms with Gasteiger partial charge in [-0.15, -0.1) is 0 Å². The normalized spacial score (nSPS) is 11.9. The highest BCUT2D eigenvalue weighted by molar-refractivity contribution is 14.1. The van der Waals surface area contributed by atoms with E-state index in [1.807, 2.05) is 29.5 Å². The second-order valence-corrected chi connectivity index (χ2v) is 5.37. The number of rotatable bonds is 6. The first-order valence-electron chi connectivity index (χ1n) is 5.89. The predicted octanol–water partition coefficient (Wildman–Crippen LogP) is 2.66. The first-order chi connectivity index (χ1) is 8.93. The molecule has 1 amide bonds. The van der Waals surface area contributed by atoms with E-state index in [-0.39, 0.29) is 18.2 Å². The van der Waals surface area contributed by atoms with Crippen molar-refractivity contribution in [3.63, 3.8) is 0 Å². The molecule has 0 aliphatic carbocycles. The lowest BCUT2D eigenvalue weighted by atomic mass is 10.0. The lowest BCUT2D eigenvalue weighted by Gasteiger charge is -2.14. The third kappa shape index (κ3) is 5.14. The third-order valence-electron chi connectivity index (χ3n) is 2.77. The van der Waals surface area contributed by atoms with Crippen molar-refractivity contribution in [3.05, 3.63) is 33.1 Å². The molecule has 0 saturated carbocycles. The predicted molar refractivity (Wildman–Crippen MR) is 77.5 cm³/mol. The maximum absolute atomic E-state index is 12.9. The summed E-state index contributed by atoms with van der Waals surface area (Å²) in [6.45, 7) is 2.18. The number of hydrogen-bond donors (Lipinski definition) is 2. The Morgan fingerprint density at radius 2 is 2.16 bits per heavy atom. The van der Waals surface area contributed by atoms with Crippen LogP contribution < -0.4 is 5.32 Å². The Hall–Kier alpha value is -1.18. The molecule has 0 fully saturated rings. The highest BCUT2D eigenvalue weighted by Gasteiger charge is 2.15. The van der Waals surface area contributed by atoms with Crippen LogP contribution in [0.25, 0.3) is 0 Å². The highest BCUT2D eigenvalue weighted by Crippen LogP contribution is 2.14. The van der Waals surface area contributed by atoms with Crippen LogP contribution in [0.2, 0.25) is 0 Å². The van der Waals surface area contributed by atoms with Crippen molar-refractivity contribution < 1.29 is 19.1 Å². The van der Waals surface area contributed by atoms with Crippen molar-refractivity contribution in [1.29, 1.82) is 0 Å². The molecule has 104 valence electrons. The SMILES string of the molecule is CCC(CNC(=O)c1ccc(F)cc1I)CC(=O)O. The van der Waals surface area contributed by atoms with E-state index in [1.54, 1.807) is 0 Å². The quantitative estimate of drug-likeness (QED) is 0.747. The van der Waals surface area contributed by atoms with Crippen LogP contribution in [0, 0.1) is 15.3 Å². The van der Waals surface area contributed by atoms with Crippen LogP contribution in [-0.2, 0) is 4.79 Å². The monoisotopic (exact) mass is 379 g/mol. The van der Waals surface area contributed by atoms with Crippen molar-refractivity contribution in [1.82, 2.24) is 5.32 Å². The summed E-state index contributed by atoms with van der Waals surface area (Å²) in [7, 11) is 0. The minimum Gasteiger partial charge on any atom is -0.481 e. The lowest BCUT2D eigenvalue weighted by molar-refractivity contribution is -0.138. The van der Waals surface area contributed by atoms with Gasteiger partial charge < -0.3 is 10.4 Å². The Kier molecular flexibility index (Phi) is 6.20. The van der Waals surface area contributed by atoms with E-state index in [0.29, 0.717) is 22.1 Å². The molecule has 2 N–H and O–H groups in total. The van der Waals surface area contributed by atoms with Crippen LogP contribution in [0.4, 0.5) is 4.39 Å². The zero-order valence-corrected chi connectivity index (χ0v) is 12.6. The van der Waals surface area contributed by atoms with E-state index in [4.69, 9.17) is 5.11 Å². The van der Waals surface area contributed by atoms with Gasteiger partial charge in [-0.3, -0.25) is 9.59 Å². The van der Waals surface area contributed by atoms with Gasteiger partial charge in [0.25, 0.3) is 5.91 Å². The highest BCUT2D eigenvalue weighted by atomic mass is 127. The third-order valence-corrected chi connectivity index (χ3v) is 3.66. The van der Waals surface area contributed by atoms with Crippen LogP contribution in [0.15, 0.2) is 18.2 Å². The van der Waals surface area contributed by atoms with Gasteiger partial charge in [-0.05, 0) is 46.7 Å². The van der Waals surface area contributed by atoms with E-state index >= 15 is 0 Å². The fourth-order valence-corrected chi connectivity index (χ4v) is 2.34. The molecule has 0 bridgehead atoms. The number of carboxylic acid groups (broad SMARTS) is 1. The number of carboxylic acids is 1. The second kappa shape index (κ2) is 7.42. The molecule has 0 spiro atoms. The minimum atomic E-state index is -0.877. The van der Waals surface area contributed by atoms with Gasteiger partial charge in [-0.2, -0.15) is 0 Å². The van der Waals surface area contributed by atoms with Gasteiger partial charge >= 0.3 is 5.97 Å². The maximum Gasteiger partial charge on any atom is 0.303 e. The Morgan fingerprint density at radius 3 is 2.68 bits per heavy atom. The number of carbonyl (C=O) groups is 2. The second-order valence-electron chi connectivity index (χ2n) is 4.21. The van der Waals surface area contributed by atoms with Crippen molar-refractivity contribution in [2.45, 2.75) is 19.8 Å². The molecular weight excluding hydrogens is 364 g/mol. The molecule has 0 saturated heterocycles. The molecular formula is C13H15FINO3. The molecule has 0 radical (unpaired) electrons. The molecule has 1 rings (SSSR count). The number of benzene rings is 1. The molecule has 0 aromatic heterocycles. The van der Waals surface area contributed by atoms with Gasteiger partial charge in [-0.25, -0.2) is 4.39 Å². The molecule has 19 heavy (non-hydrogen) atoms. The molecule has 1 atom stereocenters. The molecule has 4 nitrogen and oxygen atoms in total. The average Bonchev–Trinajstić information content (AvgIpc) is 2.33. The van der Waals surface area contributed by atoms with Crippen molar-refractivity contribution in [3.8, 4) is 0 Å². The Labute approximate surface area is 124 Å². The summed E-state index contributed by atoms with van der Waals surface area (Å²) in [6.07, 6.45) is 0.699. The van der Waals surface area contributed by atoms with Crippen LogP contribution in [0.5, 0.6) is 0 Å². The number of halogens is 2. The lowest BCUT2D eigenvalue weighted by Crippen LogP contribution is -2.30. The van der Waals surface area contributed by atoms with E-state index in [1.165, 1.54) is 18.2 Å². The number of carbonyl (C=O) groups excluding carboxylic acids is 1. The minimum absolute atomic E-state index is 0.0251.